The maximum absolute atomic E-state index is 9.32. The van der Waals surface area contributed by atoms with Crippen molar-refractivity contribution in [1.29, 1.82) is 0 Å². The lowest BCUT2D eigenvalue weighted by Crippen LogP contribution is -2.38. The average Bonchev–Trinajstić information content (AvgIpc) is 2.81. The summed E-state index contributed by atoms with van der Waals surface area (Å²) in [6.07, 6.45) is 0. The summed E-state index contributed by atoms with van der Waals surface area (Å²) in [7, 11) is 0. The van der Waals surface area contributed by atoms with Gasteiger partial charge < -0.3 is 40.1 Å². The van der Waals surface area contributed by atoms with Crippen LogP contribution in [0, 0.1) is 0 Å². The van der Waals surface area contributed by atoms with E-state index >= 15 is 0 Å². The summed E-state index contributed by atoms with van der Waals surface area (Å²) in [4.78, 5) is 23.0. The van der Waals surface area contributed by atoms with E-state index in [1.54, 1.807) is 0 Å². The van der Waals surface area contributed by atoms with Crippen LogP contribution in [0.5, 0.6) is 0 Å². The molecular formula is C18H28N8O4. The number of anilines is 4. The van der Waals surface area contributed by atoms with Gasteiger partial charge in [-0.1, -0.05) is 0 Å². The molecule has 0 unspecified atom stereocenters. The number of hydrogen-bond donors (Lipinski definition) is 4. The molecular weight excluding hydrogens is 392 g/mol. The van der Waals surface area contributed by atoms with Crippen molar-refractivity contribution in [3.8, 4) is 0 Å². The number of nitrogens with one attached hydrogen (secondary N) is 2. The molecule has 2 aromatic rings. The van der Waals surface area contributed by atoms with Gasteiger partial charge in [-0.15, -0.1) is 0 Å². The lowest BCUT2D eigenvalue weighted by molar-refractivity contribution is 0.122. The van der Waals surface area contributed by atoms with E-state index in [-0.39, 0.29) is 13.2 Å². The topological polar surface area (TPSA) is 141 Å². The highest BCUT2D eigenvalue weighted by atomic mass is 16.5. The predicted octanol–water partition coefficient (Wildman–Crippen LogP) is -1.10. The van der Waals surface area contributed by atoms with Gasteiger partial charge in [0, 0.05) is 39.3 Å². The molecule has 2 aliphatic heterocycles. The van der Waals surface area contributed by atoms with Gasteiger partial charge in [0.25, 0.3) is 0 Å². The van der Waals surface area contributed by atoms with Gasteiger partial charge in [-0.3, -0.25) is 0 Å². The van der Waals surface area contributed by atoms with Gasteiger partial charge in [0.2, 0.25) is 11.9 Å². The van der Waals surface area contributed by atoms with Crippen LogP contribution in [0.2, 0.25) is 0 Å². The molecule has 2 aliphatic rings. The average molecular weight is 420 g/mol. The molecule has 0 spiro atoms. The highest BCUT2D eigenvalue weighted by Crippen LogP contribution is 2.29. The highest BCUT2D eigenvalue weighted by Gasteiger charge is 2.22. The van der Waals surface area contributed by atoms with Crippen LogP contribution in [0.3, 0.4) is 0 Å². The monoisotopic (exact) mass is 420 g/mol. The second-order valence-electron chi connectivity index (χ2n) is 6.94. The molecule has 0 amide bonds. The summed E-state index contributed by atoms with van der Waals surface area (Å²) in [5, 5.41) is 25.0. The van der Waals surface area contributed by atoms with E-state index in [1.165, 1.54) is 0 Å². The molecule has 12 heteroatoms. The van der Waals surface area contributed by atoms with Crippen LogP contribution in [-0.4, -0.2) is 109 Å². The third-order valence-corrected chi connectivity index (χ3v) is 4.92. The number of ether oxygens (including phenoxy) is 2. The number of aliphatic hydroxyl groups is 2. The molecule has 0 atom stereocenters. The Bertz CT molecular complexity index is 773. The van der Waals surface area contributed by atoms with E-state index in [1.807, 2.05) is 0 Å². The van der Waals surface area contributed by atoms with Gasteiger partial charge in [-0.25, -0.2) is 9.97 Å². The zero-order valence-electron chi connectivity index (χ0n) is 16.9. The summed E-state index contributed by atoms with van der Waals surface area (Å²) < 4.78 is 10.9. The number of aromatic nitrogens is 4. The minimum atomic E-state index is -0.0323. The van der Waals surface area contributed by atoms with Crippen LogP contribution < -0.4 is 20.4 Å². The maximum atomic E-state index is 9.32. The molecule has 0 bridgehead atoms. The van der Waals surface area contributed by atoms with Gasteiger partial charge in [0.05, 0.1) is 39.6 Å². The first-order valence-corrected chi connectivity index (χ1v) is 10.2. The number of nitrogens with zero attached hydrogens (tertiary/aromatic N) is 6. The smallest absolute Gasteiger partial charge is 0.228 e. The summed E-state index contributed by atoms with van der Waals surface area (Å²) >= 11 is 0. The van der Waals surface area contributed by atoms with Crippen LogP contribution in [0.1, 0.15) is 0 Å². The van der Waals surface area contributed by atoms with E-state index in [0.717, 1.165) is 0 Å². The van der Waals surface area contributed by atoms with Gasteiger partial charge in [0.1, 0.15) is 11.0 Å². The lowest BCUT2D eigenvalue weighted by atomic mass is 10.3. The fourth-order valence-corrected chi connectivity index (χ4v) is 3.40. The molecule has 0 aromatic carbocycles. The third kappa shape index (κ3) is 4.61. The van der Waals surface area contributed by atoms with E-state index in [0.29, 0.717) is 100 Å². The van der Waals surface area contributed by atoms with Crippen molar-refractivity contribution in [2.24, 2.45) is 0 Å². The fraction of sp³-hybridized carbons (Fsp3) is 0.667. The summed E-state index contributed by atoms with van der Waals surface area (Å²) in [5.41, 5.74) is 1.13. The fourth-order valence-electron chi connectivity index (χ4n) is 3.40. The summed E-state index contributed by atoms with van der Waals surface area (Å²) in [5.74, 6) is 2.20. The van der Waals surface area contributed by atoms with Crippen LogP contribution >= 0.6 is 0 Å². The SMILES string of the molecule is OCCNc1nc(N2CCOCC2)nc2c(NCCO)nc(N3CCOCC3)nc12. The van der Waals surface area contributed by atoms with Crippen LogP contribution in [0.25, 0.3) is 11.0 Å². The minimum absolute atomic E-state index is 0.0323. The van der Waals surface area contributed by atoms with E-state index in [9.17, 15) is 10.2 Å². The number of morpholine rings is 2. The van der Waals surface area contributed by atoms with Crippen molar-refractivity contribution in [1.82, 2.24) is 19.9 Å². The van der Waals surface area contributed by atoms with E-state index in [2.05, 4.69) is 20.4 Å². The molecule has 2 saturated heterocycles. The normalized spacial score (nSPS) is 17.4. The molecule has 2 aromatic heterocycles. The summed E-state index contributed by atoms with van der Waals surface area (Å²) in [6, 6.07) is 0. The number of rotatable bonds is 8. The molecule has 0 aliphatic carbocycles. The van der Waals surface area contributed by atoms with Gasteiger partial charge in [-0.2, -0.15) is 9.97 Å². The number of fused-ring (bicyclic) bond motifs is 1. The molecule has 0 saturated carbocycles. The number of aliphatic hydroxyl groups excluding tert-OH is 2. The highest BCUT2D eigenvalue weighted by molar-refractivity contribution is 5.94. The zero-order valence-corrected chi connectivity index (χ0v) is 16.9. The minimum Gasteiger partial charge on any atom is -0.395 e. The molecule has 164 valence electrons. The first-order chi connectivity index (χ1) is 14.8. The standard InChI is InChI=1S/C18H28N8O4/c27-7-1-19-15-13-14(22-17(23-15)25-3-9-29-10-4-25)16(20-2-8-28)24-18(21-13)26-5-11-30-12-6-26/h27-28H,1-12H2,(H,19,22,23)(H,20,21,24). The molecule has 4 rings (SSSR count). The Morgan fingerprint density at radius 1 is 0.667 bits per heavy atom. The molecule has 4 heterocycles. The quantitative estimate of drug-likeness (QED) is 0.412. The first-order valence-electron chi connectivity index (χ1n) is 10.2. The number of hydrogen-bond acceptors (Lipinski definition) is 12. The second-order valence-corrected chi connectivity index (χ2v) is 6.94. The van der Waals surface area contributed by atoms with Crippen LogP contribution in [0.4, 0.5) is 23.5 Å². The maximum Gasteiger partial charge on any atom is 0.228 e. The molecule has 30 heavy (non-hydrogen) atoms. The van der Waals surface area contributed by atoms with E-state index in [4.69, 9.17) is 29.4 Å². The Hall–Kier alpha value is -2.54. The zero-order chi connectivity index (χ0) is 20.8. The van der Waals surface area contributed by atoms with Crippen molar-refractivity contribution in [2.75, 3.05) is 99.3 Å². The lowest BCUT2D eigenvalue weighted by Gasteiger charge is -2.29. The van der Waals surface area contributed by atoms with Gasteiger partial charge in [0.15, 0.2) is 11.6 Å². The van der Waals surface area contributed by atoms with E-state index < -0.39 is 0 Å². The predicted molar refractivity (Wildman–Crippen MR) is 112 cm³/mol. The van der Waals surface area contributed by atoms with Crippen molar-refractivity contribution in [3.63, 3.8) is 0 Å². The Balaban J connectivity index is 1.81. The first kappa shape index (κ1) is 20.7. The second kappa shape index (κ2) is 9.98. The molecule has 0 radical (unpaired) electrons. The molecule has 2 fully saturated rings. The molecule has 4 N–H and O–H groups in total. The van der Waals surface area contributed by atoms with Crippen molar-refractivity contribution in [3.05, 3.63) is 0 Å². The van der Waals surface area contributed by atoms with Crippen molar-refractivity contribution < 1.29 is 19.7 Å². The van der Waals surface area contributed by atoms with Crippen molar-refractivity contribution in [2.45, 2.75) is 0 Å². The van der Waals surface area contributed by atoms with Crippen LogP contribution in [-0.2, 0) is 9.47 Å². The Labute approximate surface area is 174 Å². The van der Waals surface area contributed by atoms with Gasteiger partial charge in [-0.05, 0) is 0 Å². The Kier molecular flexibility index (Phi) is 6.89. The largest absolute Gasteiger partial charge is 0.395 e. The van der Waals surface area contributed by atoms with Crippen LogP contribution in [0.15, 0.2) is 0 Å². The Morgan fingerprint density at radius 3 is 1.43 bits per heavy atom. The third-order valence-electron chi connectivity index (χ3n) is 4.92. The molecule has 12 nitrogen and oxygen atoms in total. The van der Waals surface area contributed by atoms with Crippen molar-refractivity contribution >= 4 is 34.6 Å². The Morgan fingerprint density at radius 2 is 1.07 bits per heavy atom. The van der Waals surface area contributed by atoms with Gasteiger partial charge >= 0.3 is 0 Å². The summed E-state index contributed by atoms with van der Waals surface area (Å²) in [6.45, 7) is 5.83.